The molecule has 0 aliphatic carbocycles. The second-order valence-electron chi connectivity index (χ2n) is 4.55. The van der Waals surface area contributed by atoms with Crippen LogP contribution < -0.4 is 0 Å². The Morgan fingerprint density at radius 2 is 2.24 bits per heavy atom. The lowest BCUT2D eigenvalue weighted by atomic mass is 9.96. The van der Waals surface area contributed by atoms with E-state index in [0.717, 1.165) is 39.0 Å². The van der Waals surface area contributed by atoms with Crippen molar-refractivity contribution in [3.63, 3.8) is 0 Å². The summed E-state index contributed by atoms with van der Waals surface area (Å²) in [6.07, 6.45) is 4.80. The number of furan rings is 1. The molecule has 1 amide bonds. The van der Waals surface area contributed by atoms with E-state index < -0.39 is 0 Å². The molecular formula is C13H19NO3. The number of nitrogens with zero attached hydrogens (tertiary/aromatic N) is 1. The van der Waals surface area contributed by atoms with Gasteiger partial charge in [0.15, 0.2) is 5.76 Å². The second-order valence-corrected chi connectivity index (χ2v) is 4.55. The van der Waals surface area contributed by atoms with Gasteiger partial charge in [-0.05, 0) is 37.3 Å². The van der Waals surface area contributed by atoms with Gasteiger partial charge in [-0.3, -0.25) is 4.79 Å². The Morgan fingerprint density at radius 1 is 1.47 bits per heavy atom. The van der Waals surface area contributed by atoms with Gasteiger partial charge in [0.05, 0.1) is 6.26 Å². The molecule has 4 nitrogen and oxygen atoms in total. The number of amides is 1. The van der Waals surface area contributed by atoms with Crippen molar-refractivity contribution in [2.75, 3.05) is 26.8 Å². The average molecular weight is 237 g/mol. The first-order chi connectivity index (χ1) is 8.27. The molecule has 1 aromatic rings. The average Bonchev–Trinajstić information content (AvgIpc) is 2.90. The number of ether oxygens (including phenoxy) is 1. The Kier molecular flexibility index (Phi) is 4.20. The van der Waals surface area contributed by atoms with Crippen LogP contribution in [0.15, 0.2) is 22.8 Å². The lowest BCUT2D eigenvalue weighted by Crippen LogP contribution is -2.29. The van der Waals surface area contributed by atoms with Crippen molar-refractivity contribution in [2.24, 2.45) is 5.92 Å². The standard InChI is InChI=1S/C13H19NO3/c1-14(13(15)12-3-2-8-17-12)7-4-11-5-9-16-10-6-11/h2-3,8,11H,4-7,9-10H2,1H3. The first-order valence-electron chi connectivity index (χ1n) is 6.14. The molecule has 4 heteroatoms. The lowest BCUT2D eigenvalue weighted by molar-refractivity contribution is 0.0576. The summed E-state index contributed by atoms with van der Waals surface area (Å²) >= 11 is 0. The topological polar surface area (TPSA) is 42.7 Å². The Labute approximate surface area is 102 Å². The molecule has 2 heterocycles. The van der Waals surface area contributed by atoms with Crippen molar-refractivity contribution < 1.29 is 13.9 Å². The van der Waals surface area contributed by atoms with Crippen molar-refractivity contribution in [3.05, 3.63) is 24.2 Å². The predicted molar refractivity (Wildman–Crippen MR) is 63.8 cm³/mol. The van der Waals surface area contributed by atoms with E-state index in [4.69, 9.17) is 9.15 Å². The predicted octanol–water partition coefficient (Wildman–Crippen LogP) is 2.17. The van der Waals surface area contributed by atoms with Crippen LogP contribution in [0.3, 0.4) is 0 Å². The largest absolute Gasteiger partial charge is 0.459 e. The van der Waals surface area contributed by atoms with Gasteiger partial charge in [0.1, 0.15) is 0 Å². The summed E-state index contributed by atoms with van der Waals surface area (Å²) in [4.78, 5) is 13.6. The summed E-state index contributed by atoms with van der Waals surface area (Å²) in [5, 5.41) is 0. The zero-order valence-corrected chi connectivity index (χ0v) is 10.2. The molecule has 17 heavy (non-hydrogen) atoms. The van der Waals surface area contributed by atoms with Gasteiger partial charge in [0, 0.05) is 26.8 Å². The second kappa shape index (κ2) is 5.87. The summed E-state index contributed by atoms with van der Waals surface area (Å²) in [5.41, 5.74) is 0. The van der Waals surface area contributed by atoms with Crippen LogP contribution in [0.25, 0.3) is 0 Å². The van der Waals surface area contributed by atoms with Crippen molar-refractivity contribution in [3.8, 4) is 0 Å². The number of hydrogen-bond donors (Lipinski definition) is 0. The minimum absolute atomic E-state index is 0.0398. The third kappa shape index (κ3) is 3.33. The number of hydrogen-bond acceptors (Lipinski definition) is 3. The highest BCUT2D eigenvalue weighted by Crippen LogP contribution is 2.18. The summed E-state index contributed by atoms with van der Waals surface area (Å²) < 4.78 is 10.4. The van der Waals surface area contributed by atoms with E-state index in [2.05, 4.69) is 0 Å². The highest BCUT2D eigenvalue weighted by molar-refractivity contribution is 5.91. The zero-order valence-electron chi connectivity index (χ0n) is 10.2. The molecule has 1 aliphatic heterocycles. The van der Waals surface area contributed by atoms with Crippen LogP contribution in [-0.4, -0.2) is 37.6 Å². The summed E-state index contributed by atoms with van der Waals surface area (Å²) in [6.45, 7) is 2.51. The van der Waals surface area contributed by atoms with Gasteiger partial charge in [-0.1, -0.05) is 0 Å². The Balaban J connectivity index is 1.76. The van der Waals surface area contributed by atoms with Gasteiger partial charge in [-0.25, -0.2) is 0 Å². The molecule has 94 valence electrons. The van der Waals surface area contributed by atoms with Gasteiger partial charge >= 0.3 is 0 Å². The fourth-order valence-corrected chi connectivity index (χ4v) is 2.10. The third-order valence-electron chi connectivity index (χ3n) is 3.29. The Morgan fingerprint density at radius 3 is 2.88 bits per heavy atom. The Hall–Kier alpha value is -1.29. The summed E-state index contributed by atoms with van der Waals surface area (Å²) in [5.74, 6) is 1.07. The first-order valence-corrected chi connectivity index (χ1v) is 6.14. The van der Waals surface area contributed by atoms with E-state index in [9.17, 15) is 4.79 Å². The van der Waals surface area contributed by atoms with E-state index in [1.807, 2.05) is 7.05 Å². The van der Waals surface area contributed by atoms with Gasteiger partial charge < -0.3 is 14.1 Å². The lowest BCUT2D eigenvalue weighted by Gasteiger charge is -2.24. The molecule has 2 rings (SSSR count). The summed E-state index contributed by atoms with van der Waals surface area (Å²) in [7, 11) is 1.82. The molecule has 0 saturated carbocycles. The minimum atomic E-state index is -0.0398. The van der Waals surface area contributed by atoms with Crippen LogP contribution in [0.2, 0.25) is 0 Å². The highest BCUT2D eigenvalue weighted by atomic mass is 16.5. The van der Waals surface area contributed by atoms with Crippen LogP contribution in [0.5, 0.6) is 0 Å². The number of carbonyl (C=O) groups excluding carboxylic acids is 1. The zero-order chi connectivity index (χ0) is 12.1. The number of carbonyl (C=O) groups is 1. The number of rotatable bonds is 4. The first kappa shape index (κ1) is 12.2. The normalized spacial score (nSPS) is 17.0. The molecule has 0 spiro atoms. The molecule has 1 aromatic heterocycles. The van der Waals surface area contributed by atoms with Crippen molar-refractivity contribution in [2.45, 2.75) is 19.3 Å². The van der Waals surface area contributed by atoms with Crippen molar-refractivity contribution >= 4 is 5.91 Å². The molecule has 0 bridgehead atoms. The van der Waals surface area contributed by atoms with Gasteiger partial charge in [0.25, 0.3) is 5.91 Å². The monoisotopic (exact) mass is 237 g/mol. The van der Waals surface area contributed by atoms with Gasteiger partial charge in [-0.15, -0.1) is 0 Å². The molecule has 1 aliphatic rings. The van der Waals surface area contributed by atoms with E-state index in [1.54, 1.807) is 17.0 Å². The molecule has 0 radical (unpaired) electrons. The maximum absolute atomic E-state index is 11.9. The quantitative estimate of drug-likeness (QED) is 0.806. The molecule has 0 atom stereocenters. The SMILES string of the molecule is CN(CCC1CCOCC1)C(=O)c1ccco1. The molecule has 0 N–H and O–H groups in total. The van der Waals surface area contributed by atoms with Gasteiger partial charge in [0.2, 0.25) is 0 Å². The van der Waals surface area contributed by atoms with Crippen LogP contribution >= 0.6 is 0 Å². The van der Waals surface area contributed by atoms with E-state index in [0.29, 0.717) is 11.7 Å². The molecule has 1 saturated heterocycles. The fourth-order valence-electron chi connectivity index (χ4n) is 2.10. The summed E-state index contributed by atoms with van der Waals surface area (Å²) in [6, 6.07) is 3.44. The Bertz CT molecular complexity index is 342. The molecule has 0 aromatic carbocycles. The maximum atomic E-state index is 11.9. The van der Waals surface area contributed by atoms with Crippen molar-refractivity contribution in [1.82, 2.24) is 4.90 Å². The van der Waals surface area contributed by atoms with Crippen LogP contribution in [-0.2, 0) is 4.74 Å². The third-order valence-corrected chi connectivity index (χ3v) is 3.29. The minimum Gasteiger partial charge on any atom is -0.459 e. The smallest absolute Gasteiger partial charge is 0.289 e. The molecule has 0 unspecified atom stereocenters. The van der Waals surface area contributed by atoms with Crippen molar-refractivity contribution in [1.29, 1.82) is 0 Å². The van der Waals surface area contributed by atoms with Crippen LogP contribution in [0, 0.1) is 5.92 Å². The highest BCUT2D eigenvalue weighted by Gasteiger charge is 2.18. The van der Waals surface area contributed by atoms with Crippen LogP contribution in [0.4, 0.5) is 0 Å². The molecule has 1 fully saturated rings. The van der Waals surface area contributed by atoms with E-state index >= 15 is 0 Å². The van der Waals surface area contributed by atoms with E-state index in [1.165, 1.54) is 6.26 Å². The van der Waals surface area contributed by atoms with E-state index in [-0.39, 0.29) is 5.91 Å². The molecular weight excluding hydrogens is 218 g/mol. The van der Waals surface area contributed by atoms with Crippen LogP contribution in [0.1, 0.15) is 29.8 Å². The fraction of sp³-hybridized carbons (Fsp3) is 0.615. The maximum Gasteiger partial charge on any atom is 0.289 e. The van der Waals surface area contributed by atoms with Gasteiger partial charge in [-0.2, -0.15) is 0 Å².